The van der Waals surface area contributed by atoms with Gasteiger partial charge in [-0.2, -0.15) is 5.06 Å². The molecule has 0 aliphatic carbocycles. The van der Waals surface area contributed by atoms with Crippen LogP contribution in [0.25, 0.3) is 0 Å². The van der Waals surface area contributed by atoms with E-state index in [-0.39, 0.29) is 12.6 Å². The molecule has 8 nitrogen and oxygen atoms in total. The number of hydroxylamine groups is 2. The number of hydrogen-bond donors (Lipinski definition) is 2. The third-order valence-electron chi connectivity index (χ3n) is 6.03. The predicted molar refractivity (Wildman–Crippen MR) is 130 cm³/mol. The number of amides is 4. The minimum atomic E-state index is -0.999. The summed E-state index contributed by atoms with van der Waals surface area (Å²) < 4.78 is 5.47. The number of carbonyl (C=O) groups is 2. The van der Waals surface area contributed by atoms with E-state index in [1.807, 2.05) is 50.2 Å². The lowest BCUT2D eigenvalue weighted by atomic mass is 9.99. The number of methoxy groups -OCH3 is 1. The Morgan fingerprint density at radius 3 is 2.24 bits per heavy atom. The Morgan fingerprint density at radius 1 is 1.00 bits per heavy atom. The molecule has 1 atom stereocenters. The highest BCUT2D eigenvalue weighted by molar-refractivity contribution is 5.98. The van der Waals surface area contributed by atoms with Crippen molar-refractivity contribution in [3.8, 4) is 5.75 Å². The first kappa shape index (κ1) is 23.1. The number of para-hydroxylation sites is 3. The second kappa shape index (κ2) is 9.44. The van der Waals surface area contributed by atoms with Crippen molar-refractivity contribution in [3.05, 3.63) is 90.5 Å². The number of rotatable bonds is 6. The van der Waals surface area contributed by atoms with E-state index in [1.165, 1.54) is 4.90 Å². The lowest BCUT2D eigenvalue weighted by Gasteiger charge is -2.38. The number of urea groups is 2. The fourth-order valence-corrected chi connectivity index (χ4v) is 4.27. The molecule has 3 aromatic carbocycles. The molecule has 2 N–H and O–H groups in total. The van der Waals surface area contributed by atoms with Crippen LogP contribution in [-0.4, -0.2) is 46.0 Å². The van der Waals surface area contributed by atoms with Crippen LogP contribution in [0.2, 0.25) is 0 Å². The van der Waals surface area contributed by atoms with Crippen LogP contribution in [0.4, 0.5) is 21.0 Å². The molecule has 176 valence electrons. The maximum atomic E-state index is 13.8. The lowest BCUT2D eigenvalue weighted by Crippen LogP contribution is -2.58. The van der Waals surface area contributed by atoms with Gasteiger partial charge < -0.3 is 15.0 Å². The molecule has 4 amide bonds. The quantitative estimate of drug-likeness (QED) is 0.393. The zero-order chi connectivity index (χ0) is 24.3. The second-order valence-corrected chi connectivity index (χ2v) is 8.55. The largest absolute Gasteiger partial charge is 0.496 e. The van der Waals surface area contributed by atoms with Gasteiger partial charge in [-0.1, -0.05) is 54.6 Å². The van der Waals surface area contributed by atoms with Crippen molar-refractivity contribution in [2.75, 3.05) is 17.3 Å². The number of carbonyl (C=O) groups excluding carboxylic acids is 2. The smallest absolute Gasteiger partial charge is 0.347 e. The molecule has 1 saturated heterocycles. The number of ether oxygens (including phenoxy) is 1. The molecular weight excluding hydrogens is 432 g/mol. The standard InChI is InChI=1S/C26H28N4O4/c1-26(2)23(30(33)24(31)27-20-13-6-4-7-14-20)29(21-15-8-5-9-16-21)25(32)28(26)18-19-12-10-11-17-22(19)34-3/h4-17,23,33H,18H2,1-3H3,(H,27,31)/t23-/m0/s1. The van der Waals surface area contributed by atoms with E-state index in [0.29, 0.717) is 22.2 Å². The molecule has 1 aliphatic rings. The van der Waals surface area contributed by atoms with Gasteiger partial charge in [0.1, 0.15) is 5.75 Å². The van der Waals surface area contributed by atoms with Crippen molar-refractivity contribution < 1.29 is 19.5 Å². The molecule has 4 rings (SSSR count). The van der Waals surface area contributed by atoms with Gasteiger partial charge in [0.15, 0.2) is 6.17 Å². The van der Waals surface area contributed by atoms with Gasteiger partial charge in [0.25, 0.3) is 0 Å². The molecule has 1 aliphatic heterocycles. The summed E-state index contributed by atoms with van der Waals surface area (Å²) >= 11 is 0. The third kappa shape index (κ3) is 4.27. The number of nitrogens with zero attached hydrogens (tertiary/aromatic N) is 3. The minimum absolute atomic E-state index is 0.240. The monoisotopic (exact) mass is 460 g/mol. The van der Waals surface area contributed by atoms with E-state index < -0.39 is 17.7 Å². The van der Waals surface area contributed by atoms with E-state index in [9.17, 15) is 14.8 Å². The van der Waals surface area contributed by atoms with Crippen LogP contribution >= 0.6 is 0 Å². The number of hydrogen-bond acceptors (Lipinski definition) is 4. The number of nitrogens with one attached hydrogen (secondary N) is 1. The molecule has 0 saturated carbocycles. The second-order valence-electron chi connectivity index (χ2n) is 8.55. The zero-order valence-corrected chi connectivity index (χ0v) is 19.4. The maximum absolute atomic E-state index is 13.8. The zero-order valence-electron chi connectivity index (χ0n) is 19.4. The van der Waals surface area contributed by atoms with Gasteiger partial charge in [0, 0.05) is 16.9 Å². The van der Waals surface area contributed by atoms with Crippen LogP contribution in [0.3, 0.4) is 0 Å². The summed E-state index contributed by atoms with van der Waals surface area (Å²) in [6, 6.07) is 24.2. The summed E-state index contributed by atoms with van der Waals surface area (Å²) in [4.78, 5) is 29.9. The van der Waals surface area contributed by atoms with Gasteiger partial charge in [-0.25, -0.2) is 9.59 Å². The summed E-state index contributed by atoms with van der Waals surface area (Å²) in [5.41, 5.74) is 0.958. The molecule has 34 heavy (non-hydrogen) atoms. The Kier molecular flexibility index (Phi) is 6.43. The van der Waals surface area contributed by atoms with Crippen LogP contribution in [0.5, 0.6) is 5.75 Å². The van der Waals surface area contributed by atoms with Crippen molar-refractivity contribution in [1.29, 1.82) is 0 Å². The van der Waals surface area contributed by atoms with Crippen molar-refractivity contribution in [3.63, 3.8) is 0 Å². The Balaban J connectivity index is 1.71. The normalized spacial score (nSPS) is 16.9. The van der Waals surface area contributed by atoms with Crippen LogP contribution < -0.4 is 15.0 Å². The molecule has 0 unspecified atom stereocenters. The van der Waals surface area contributed by atoms with Crippen molar-refractivity contribution in [2.24, 2.45) is 0 Å². The molecule has 1 heterocycles. The summed E-state index contributed by atoms with van der Waals surface area (Å²) in [6.45, 7) is 3.89. The molecule has 3 aromatic rings. The Labute approximate surface area is 198 Å². The Hall–Kier alpha value is -4.04. The SMILES string of the molecule is COc1ccccc1CN1C(=O)N(c2ccccc2)[C@@H](N(O)C(=O)Nc2ccccc2)C1(C)C. The fourth-order valence-electron chi connectivity index (χ4n) is 4.27. The maximum Gasteiger partial charge on any atom is 0.347 e. The van der Waals surface area contributed by atoms with Crippen LogP contribution in [0, 0.1) is 0 Å². The summed E-state index contributed by atoms with van der Waals surface area (Å²) in [6.07, 6.45) is -0.999. The molecule has 1 fully saturated rings. The highest BCUT2D eigenvalue weighted by Gasteiger charge is 2.56. The summed E-state index contributed by atoms with van der Waals surface area (Å²) in [5.74, 6) is 0.656. The Bertz CT molecular complexity index is 1150. The van der Waals surface area contributed by atoms with Crippen LogP contribution in [0.15, 0.2) is 84.9 Å². The van der Waals surface area contributed by atoms with Crippen molar-refractivity contribution in [1.82, 2.24) is 9.96 Å². The van der Waals surface area contributed by atoms with E-state index in [1.54, 1.807) is 60.5 Å². The topological polar surface area (TPSA) is 85.3 Å². The first-order chi connectivity index (χ1) is 16.3. The van der Waals surface area contributed by atoms with E-state index >= 15 is 0 Å². The van der Waals surface area contributed by atoms with Gasteiger partial charge in [0.2, 0.25) is 0 Å². The van der Waals surface area contributed by atoms with E-state index in [4.69, 9.17) is 4.74 Å². The molecular formula is C26H28N4O4. The summed E-state index contributed by atoms with van der Waals surface area (Å²) in [7, 11) is 1.58. The van der Waals surface area contributed by atoms with E-state index in [0.717, 1.165) is 5.56 Å². The van der Waals surface area contributed by atoms with Crippen molar-refractivity contribution >= 4 is 23.4 Å². The molecule has 0 aromatic heterocycles. The highest BCUT2D eigenvalue weighted by atomic mass is 16.5. The predicted octanol–water partition coefficient (Wildman–Crippen LogP) is 5.17. The molecule has 0 bridgehead atoms. The minimum Gasteiger partial charge on any atom is -0.496 e. The summed E-state index contributed by atoms with van der Waals surface area (Å²) in [5, 5.41) is 14.4. The molecule has 0 spiro atoms. The number of benzene rings is 3. The first-order valence-corrected chi connectivity index (χ1v) is 11.0. The fraction of sp³-hybridized carbons (Fsp3) is 0.231. The highest BCUT2D eigenvalue weighted by Crippen LogP contribution is 2.39. The van der Waals surface area contributed by atoms with Gasteiger partial charge in [-0.05, 0) is 44.2 Å². The van der Waals surface area contributed by atoms with Crippen LogP contribution in [0.1, 0.15) is 19.4 Å². The Morgan fingerprint density at radius 2 is 1.59 bits per heavy atom. The average molecular weight is 461 g/mol. The van der Waals surface area contributed by atoms with Crippen molar-refractivity contribution in [2.45, 2.75) is 32.1 Å². The van der Waals surface area contributed by atoms with Gasteiger partial charge >= 0.3 is 12.1 Å². The number of anilines is 2. The third-order valence-corrected chi connectivity index (χ3v) is 6.03. The van der Waals surface area contributed by atoms with Crippen LogP contribution in [-0.2, 0) is 6.54 Å². The van der Waals surface area contributed by atoms with Gasteiger partial charge in [-0.3, -0.25) is 10.1 Å². The van der Waals surface area contributed by atoms with Gasteiger partial charge in [-0.15, -0.1) is 0 Å². The lowest BCUT2D eigenvalue weighted by molar-refractivity contribution is -0.0955. The molecule has 0 radical (unpaired) electrons. The molecule has 8 heteroatoms. The first-order valence-electron chi connectivity index (χ1n) is 11.0. The average Bonchev–Trinajstić information content (AvgIpc) is 3.05. The van der Waals surface area contributed by atoms with E-state index in [2.05, 4.69) is 5.32 Å². The van der Waals surface area contributed by atoms with Gasteiger partial charge in [0.05, 0.1) is 19.2 Å².